The van der Waals surface area contributed by atoms with Crippen LogP contribution in [-0.2, 0) is 6.54 Å². The number of anilines is 3. The fourth-order valence-corrected chi connectivity index (χ4v) is 4.22. The number of nitrogens with zero attached hydrogens (tertiary/aromatic N) is 8. The predicted molar refractivity (Wildman–Crippen MR) is 131 cm³/mol. The van der Waals surface area contributed by atoms with E-state index in [1.54, 1.807) is 6.33 Å². The zero-order chi connectivity index (χ0) is 22.8. The van der Waals surface area contributed by atoms with Crippen LogP contribution in [0.1, 0.15) is 19.5 Å². The van der Waals surface area contributed by atoms with E-state index in [4.69, 9.17) is 9.97 Å². The summed E-state index contributed by atoms with van der Waals surface area (Å²) in [6.45, 7) is 12.2. The van der Waals surface area contributed by atoms with Gasteiger partial charge in [-0.05, 0) is 50.7 Å². The van der Waals surface area contributed by atoms with Crippen molar-refractivity contribution in [1.82, 2.24) is 34.6 Å². The van der Waals surface area contributed by atoms with Gasteiger partial charge in [-0.15, -0.1) is 10.2 Å². The van der Waals surface area contributed by atoms with Crippen LogP contribution in [0.15, 0.2) is 42.9 Å². The van der Waals surface area contributed by atoms with Gasteiger partial charge in [0, 0.05) is 49.7 Å². The van der Waals surface area contributed by atoms with E-state index in [9.17, 15) is 0 Å². The molecule has 1 fully saturated rings. The van der Waals surface area contributed by atoms with Gasteiger partial charge < -0.3 is 19.7 Å². The number of hydrogen-bond donors (Lipinski definition) is 1. The van der Waals surface area contributed by atoms with Gasteiger partial charge in [-0.2, -0.15) is 0 Å². The highest BCUT2D eigenvalue weighted by Crippen LogP contribution is 2.27. The fraction of sp³-hybridized carbons (Fsp3) is 0.375. The summed E-state index contributed by atoms with van der Waals surface area (Å²) in [6, 6.07) is 10.2. The van der Waals surface area contributed by atoms with E-state index in [2.05, 4.69) is 56.3 Å². The van der Waals surface area contributed by atoms with Crippen molar-refractivity contribution >= 4 is 28.4 Å². The second kappa shape index (κ2) is 9.11. The smallest absolute Gasteiger partial charge is 0.182 e. The van der Waals surface area contributed by atoms with E-state index in [1.807, 2.05) is 35.9 Å². The van der Waals surface area contributed by atoms with Crippen molar-refractivity contribution in [2.24, 2.45) is 0 Å². The molecule has 0 amide bonds. The van der Waals surface area contributed by atoms with Gasteiger partial charge in [0.1, 0.15) is 17.7 Å². The summed E-state index contributed by atoms with van der Waals surface area (Å²) in [4.78, 5) is 19.0. The molecule has 33 heavy (non-hydrogen) atoms. The Morgan fingerprint density at radius 2 is 1.76 bits per heavy atom. The fourth-order valence-electron chi connectivity index (χ4n) is 4.22. The summed E-state index contributed by atoms with van der Waals surface area (Å²) < 4.78 is 2.03. The molecule has 0 bridgehead atoms. The van der Waals surface area contributed by atoms with E-state index >= 15 is 0 Å². The number of benzene rings is 1. The number of aryl methyl sites for hydroxylation is 2. The Morgan fingerprint density at radius 3 is 2.48 bits per heavy atom. The van der Waals surface area contributed by atoms with Crippen LogP contribution >= 0.6 is 0 Å². The monoisotopic (exact) mass is 443 g/mol. The summed E-state index contributed by atoms with van der Waals surface area (Å²) in [5.41, 5.74) is 5.24. The lowest BCUT2D eigenvalue weighted by molar-refractivity contribution is 0.270. The predicted octanol–water partition coefficient (Wildman–Crippen LogP) is 3.50. The van der Waals surface area contributed by atoms with Crippen LogP contribution in [0, 0.1) is 6.92 Å². The molecule has 0 saturated carbocycles. The van der Waals surface area contributed by atoms with Crippen LogP contribution in [0.25, 0.3) is 22.6 Å². The molecule has 4 heterocycles. The van der Waals surface area contributed by atoms with Gasteiger partial charge in [-0.3, -0.25) is 0 Å². The van der Waals surface area contributed by atoms with Crippen LogP contribution in [0.2, 0.25) is 0 Å². The van der Waals surface area contributed by atoms with Gasteiger partial charge in [0.2, 0.25) is 0 Å². The molecule has 3 aromatic heterocycles. The highest BCUT2D eigenvalue weighted by molar-refractivity contribution is 5.88. The highest BCUT2D eigenvalue weighted by Gasteiger charge is 2.18. The minimum Gasteiger partial charge on any atom is -0.354 e. The summed E-state index contributed by atoms with van der Waals surface area (Å²) in [5.74, 6) is 1.76. The van der Waals surface area contributed by atoms with E-state index < -0.39 is 0 Å². The van der Waals surface area contributed by atoms with Crippen molar-refractivity contribution in [3.8, 4) is 11.4 Å². The number of nitrogens with one attached hydrogen (secondary N) is 1. The number of fused-ring (bicyclic) bond motifs is 1. The molecule has 0 radical (unpaired) electrons. The first-order chi connectivity index (χ1) is 16.1. The van der Waals surface area contributed by atoms with Crippen LogP contribution in [0.5, 0.6) is 0 Å². The van der Waals surface area contributed by atoms with Gasteiger partial charge in [-0.1, -0.05) is 6.92 Å². The lowest BCUT2D eigenvalue weighted by atomic mass is 10.2. The third kappa shape index (κ3) is 4.36. The van der Waals surface area contributed by atoms with E-state index in [-0.39, 0.29) is 0 Å². The standard InChI is InChI=1S/C24H29N9/c1-4-31-10-12-33(13-11-31)21-15-25-22-20(14-17(3)27-23(22)29-21)28-19-8-6-18(7-9-19)24-30-26-16-32(24)5-2/h6-9,14-16H,4-5,10-13H2,1-3H3,(H,27,28,29). The molecule has 4 aromatic rings. The van der Waals surface area contributed by atoms with Crippen LogP contribution in [0.4, 0.5) is 17.2 Å². The van der Waals surface area contributed by atoms with Crippen molar-refractivity contribution in [2.75, 3.05) is 42.9 Å². The van der Waals surface area contributed by atoms with Crippen molar-refractivity contribution < 1.29 is 0 Å². The largest absolute Gasteiger partial charge is 0.354 e. The molecule has 5 rings (SSSR count). The topological polar surface area (TPSA) is 87.9 Å². The Morgan fingerprint density at radius 1 is 0.970 bits per heavy atom. The molecule has 0 unspecified atom stereocenters. The zero-order valence-corrected chi connectivity index (χ0v) is 19.4. The number of aromatic nitrogens is 6. The van der Waals surface area contributed by atoms with Crippen molar-refractivity contribution in [2.45, 2.75) is 27.3 Å². The Balaban J connectivity index is 1.39. The first-order valence-electron chi connectivity index (χ1n) is 11.5. The minimum atomic E-state index is 0.667. The molecule has 170 valence electrons. The Labute approximate surface area is 193 Å². The lowest BCUT2D eigenvalue weighted by Crippen LogP contribution is -2.46. The molecular formula is C24H29N9. The molecule has 0 atom stereocenters. The third-order valence-corrected chi connectivity index (χ3v) is 6.15. The molecule has 9 heteroatoms. The quantitative estimate of drug-likeness (QED) is 0.484. The molecule has 0 spiro atoms. The highest BCUT2D eigenvalue weighted by atomic mass is 15.3. The van der Waals surface area contributed by atoms with Gasteiger partial charge in [-0.25, -0.2) is 15.0 Å². The van der Waals surface area contributed by atoms with Crippen LogP contribution in [0.3, 0.4) is 0 Å². The van der Waals surface area contributed by atoms with Gasteiger partial charge in [0.25, 0.3) is 0 Å². The molecule has 1 saturated heterocycles. The Hall–Kier alpha value is -3.59. The number of rotatable bonds is 6. The second-order valence-corrected chi connectivity index (χ2v) is 8.28. The average molecular weight is 444 g/mol. The maximum Gasteiger partial charge on any atom is 0.182 e. The lowest BCUT2D eigenvalue weighted by Gasteiger charge is -2.34. The molecule has 1 aliphatic rings. The maximum atomic E-state index is 4.86. The SMILES string of the molecule is CCN1CCN(c2cnc3c(Nc4ccc(-c5nncn5CC)cc4)cc(C)nc3n2)CC1. The van der Waals surface area contributed by atoms with Crippen molar-refractivity contribution in [3.05, 3.63) is 48.5 Å². The van der Waals surface area contributed by atoms with Gasteiger partial charge in [0.15, 0.2) is 11.5 Å². The summed E-state index contributed by atoms with van der Waals surface area (Å²) in [5, 5.41) is 11.8. The number of likely N-dealkylation sites (N-methyl/N-ethyl adjacent to an activating group) is 1. The van der Waals surface area contributed by atoms with Crippen molar-refractivity contribution in [1.29, 1.82) is 0 Å². The van der Waals surface area contributed by atoms with E-state index in [0.29, 0.717) is 5.65 Å². The second-order valence-electron chi connectivity index (χ2n) is 8.28. The Kier molecular flexibility index (Phi) is 5.87. The first-order valence-corrected chi connectivity index (χ1v) is 11.5. The van der Waals surface area contributed by atoms with Crippen LogP contribution in [-0.4, -0.2) is 67.3 Å². The summed E-state index contributed by atoms with van der Waals surface area (Å²) >= 11 is 0. The molecular weight excluding hydrogens is 414 g/mol. The molecule has 1 aliphatic heterocycles. The molecule has 0 aliphatic carbocycles. The molecule has 1 aromatic carbocycles. The molecule has 9 nitrogen and oxygen atoms in total. The Bertz CT molecular complexity index is 1240. The zero-order valence-electron chi connectivity index (χ0n) is 19.4. The number of piperazine rings is 1. The molecule has 1 N–H and O–H groups in total. The van der Waals surface area contributed by atoms with Crippen molar-refractivity contribution in [3.63, 3.8) is 0 Å². The maximum absolute atomic E-state index is 4.86. The minimum absolute atomic E-state index is 0.667. The van der Waals surface area contributed by atoms with Gasteiger partial charge >= 0.3 is 0 Å². The third-order valence-electron chi connectivity index (χ3n) is 6.15. The van der Waals surface area contributed by atoms with E-state index in [1.165, 1.54) is 0 Å². The number of pyridine rings is 1. The van der Waals surface area contributed by atoms with Crippen LogP contribution < -0.4 is 10.2 Å². The van der Waals surface area contributed by atoms with Gasteiger partial charge in [0.05, 0.1) is 11.9 Å². The summed E-state index contributed by atoms with van der Waals surface area (Å²) in [6.07, 6.45) is 3.62. The average Bonchev–Trinajstić information content (AvgIpc) is 3.33. The van der Waals surface area contributed by atoms with E-state index in [0.717, 1.165) is 79.1 Å². The summed E-state index contributed by atoms with van der Waals surface area (Å²) in [7, 11) is 0. The number of hydrogen-bond acceptors (Lipinski definition) is 8. The first kappa shape index (κ1) is 21.3. The normalized spacial score (nSPS) is 14.7.